The third-order valence-electron chi connectivity index (χ3n) is 5.88. The first-order valence-corrected chi connectivity index (χ1v) is 12.0. The predicted molar refractivity (Wildman–Crippen MR) is 115 cm³/mol. The highest BCUT2D eigenvalue weighted by molar-refractivity contribution is 7.89. The Morgan fingerprint density at radius 1 is 0.912 bits per heavy atom. The Morgan fingerprint density at radius 2 is 1.53 bits per heavy atom. The molecule has 0 bridgehead atoms. The molecular formula is C22H22F4N4O3S. The van der Waals surface area contributed by atoms with E-state index in [-0.39, 0.29) is 53.9 Å². The van der Waals surface area contributed by atoms with Crippen LogP contribution in [0.1, 0.15) is 19.9 Å². The van der Waals surface area contributed by atoms with Gasteiger partial charge in [-0.3, -0.25) is 4.79 Å². The second-order valence-electron chi connectivity index (χ2n) is 8.40. The molecule has 4 rings (SSSR count). The average molecular weight is 499 g/mol. The molecule has 0 aliphatic carbocycles. The lowest BCUT2D eigenvalue weighted by Gasteiger charge is -2.37. The van der Waals surface area contributed by atoms with Crippen LogP contribution in [0.15, 0.2) is 41.6 Å². The van der Waals surface area contributed by atoms with Crippen molar-refractivity contribution in [2.75, 3.05) is 26.2 Å². The Hall–Kier alpha value is -2.99. The monoisotopic (exact) mass is 498 g/mol. The number of imidazole rings is 1. The molecule has 1 atom stereocenters. The molecule has 1 fully saturated rings. The summed E-state index contributed by atoms with van der Waals surface area (Å²) in [7, 11) is -4.07. The van der Waals surface area contributed by atoms with Crippen LogP contribution in [-0.4, -0.2) is 59.3 Å². The quantitative estimate of drug-likeness (QED) is 0.506. The number of carbonyl (C=O) groups excluding carboxylic acids is 1. The van der Waals surface area contributed by atoms with Crippen LogP contribution in [0.3, 0.4) is 0 Å². The van der Waals surface area contributed by atoms with Crippen LogP contribution in [-0.2, 0) is 14.8 Å². The van der Waals surface area contributed by atoms with Gasteiger partial charge in [-0.05, 0) is 24.1 Å². The van der Waals surface area contributed by atoms with Crippen LogP contribution in [0.2, 0.25) is 0 Å². The lowest BCUT2D eigenvalue weighted by Crippen LogP contribution is -2.52. The lowest BCUT2D eigenvalue weighted by molar-refractivity contribution is -0.137. The van der Waals surface area contributed by atoms with E-state index in [0.717, 1.165) is 28.6 Å². The van der Waals surface area contributed by atoms with E-state index in [0.29, 0.717) is 6.07 Å². The number of hydrogen-bond acceptors (Lipinski definition) is 4. The number of halogens is 4. The summed E-state index contributed by atoms with van der Waals surface area (Å²) in [6.07, 6.45) is 1.36. The second kappa shape index (κ2) is 8.99. The number of carbonyl (C=O) groups is 1. The van der Waals surface area contributed by atoms with Gasteiger partial charge in [0.1, 0.15) is 6.04 Å². The average Bonchev–Trinajstić information content (AvgIpc) is 3.17. The molecule has 1 aliphatic heterocycles. The van der Waals surface area contributed by atoms with Gasteiger partial charge in [-0.1, -0.05) is 13.8 Å². The summed E-state index contributed by atoms with van der Waals surface area (Å²) in [6.45, 7) is 3.67. The van der Waals surface area contributed by atoms with E-state index < -0.39 is 39.3 Å². The molecule has 182 valence electrons. The van der Waals surface area contributed by atoms with Crippen LogP contribution in [0, 0.1) is 29.2 Å². The second-order valence-corrected chi connectivity index (χ2v) is 10.3. The zero-order chi connectivity index (χ0) is 24.8. The fourth-order valence-corrected chi connectivity index (χ4v) is 5.53. The molecule has 1 amide bonds. The Labute approximate surface area is 193 Å². The summed E-state index contributed by atoms with van der Waals surface area (Å²) in [4.78, 5) is 18.6. The third kappa shape index (κ3) is 4.27. The molecule has 0 spiro atoms. The molecule has 12 heteroatoms. The Morgan fingerprint density at radius 3 is 2.15 bits per heavy atom. The zero-order valence-electron chi connectivity index (χ0n) is 18.4. The first-order valence-electron chi connectivity index (χ1n) is 10.6. The van der Waals surface area contributed by atoms with Crippen molar-refractivity contribution in [3.63, 3.8) is 0 Å². The van der Waals surface area contributed by atoms with Gasteiger partial charge in [0.15, 0.2) is 23.3 Å². The Balaban J connectivity index is 1.54. The van der Waals surface area contributed by atoms with Crippen LogP contribution in [0.5, 0.6) is 0 Å². The summed E-state index contributed by atoms with van der Waals surface area (Å²) in [5, 5.41) is 0. The third-order valence-corrected chi connectivity index (χ3v) is 7.77. The van der Waals surface area contributed by atoms with Crippen LogP contribution < -0.4 is 0 Å². The minimum absolute atomic E-state index is 0.0393. The maximum absolute atomic E-state index is 13.9. The molecule has 0 radical (unpaired) electrons. The standard InChI is InChI=1S/C22H22F4N4O3S/c1-13(2)21(30-12-27-19-10-17(25)18(26)11-20(19)30)22(31)28-5-7-29(8-6-28)34(32,33)14-3-4-15(23)16(24)9-14/h3-4,9-13,21H,5-8H2,1-2H3. The molecule has 0 N–H and O–H groups in total. The molecule has 1 saturated heterocycles. The highest BCUT2D eigenvalue weighted by atomic mass is 32.2. The van der Waals surface area contributed by atoms with Gasteiger partial charge >= 0.3 is 0 Å². The summed E-state index contributed by atoms with van der Waals surface area (Å²) >= 11 is 0. The minimum atomic E-state index is -4.07. The molecule has 1 aliphatic rings. The van der Waals surface area contributed by atoms with Crippen LogP contribution >= 0.6 is 0 Å². The summed E-state index contributed by atoms with van der Waals surface area (Å²) in [5.74, 6) is -5.06. The maximum atomic E-state index is 13.9. The first-order chi connectivity index (χ1) is 16.0. The summed E-state index contributed by atoms with van der Waals surface area (Å²) in [6, 6.07) is 3.55. The number of benzene rings is 2. The molecule has 34 heavy (non-hydrogen) atoms. The van der Waals surface area contributed by atoms with Crippen molar-refractivity contribution in [3.05, 3.63) is 59.9 Å². The van der Waals surface area contributed by atoms with Gasteiger partial charge in [0.2, 0.25) is 15.9 Å². The van der Waals surface area contributed by atoms with Crippen molar-refractivity contribution in [2.24, 2.45) is 5.92 Å². The number of rotatable bonds is 5. The number of piperazine rings is 1. The molecule has 1 unspecified atom stereocenters. The van der Waals surface area contributed by atoms with Crippen molar-refractivity contribution in [3.8, 4) is 0 Å². The Bertz CT molecular complexity index is 1350. The van der Waals surface area contributed by atoms with E-state index in [9.17, 15) is 30.8 Å². The van der Waals surface area contributed by atoms with Crippen molar-refractivity contribution < 1.29 is 30.8 Å². The number of hydrogen-bond donors (Lipinski definition) is 0. The van der Waals surface area contributed by atoms with Gasteiger partial charge < -0.3 is 9.47 Å². The molecular weight excluding hydrogens is 476 g/mol. The molecule has 3 aromatic rings. The molecule has 2 heterocycles. The van der Waals surface area contributed by atoms with E-state index in [1.807, 2.05) is 0 Å². The van der Waals surface area contributed by atoms with Crippen molar-refractivity contribution in [2.45, 2.75) is 24.8 Å². The van der Waals surface area contributed by atoms with Crippen LogP contribution in [0.25, 0.3) is 11.0 Å². The number of amides is 1. The fraction of sp³-hybridized carbons (Fsp3) is 0.364. The van der Waals surface area contributed by atoms with Crippen molar-refractivity contribution in [1.82, 2.24) is 18.8 Å². The normalized spacial score (nSPS) is 16.4. The highest BCUT2D eigenvalue weighted by Crippen LogP contribution is 2.28. The largest absolute Gasteiger partial charge is 0.338 e. The summed E-state index contributed by atoms with van der Waals surface area (Å²) in [5.41, 5.74) is 0.477. The van der Waals surface area contributed by atoms with E-state index in [2.05, 4.69) is 4.98 Å². The van der Waals surface area contributed by atoms with Gasteiger partial charge in [0.25, 0.3) is 0 Å². The van der Waals surface area contributed by atoms with E-state index in [1.54, 1.807) is 13.8 Å². The predicted octanol–water partition coefficient (Wildman–Crippen LogP) is 3.32. The minimum Gasteiger partial charge on any atom is -0.338 e. The molecule has 1 aromatic heterocycles. The molecule has 2 aromatic carbocycles. The number of sulfonamides is 1. The van der Waals surface area contributed by atoms with Crippen molar-refractivity contribution in [1.29, 1.82) is 0 Å². The highest BCUT2D eigenvalue weighted by Gasteiger charge is 2.35. The Kier molecular flexibility index (Phi) is 6.38. The lowest BCUT2D eigenvalue weighted by atomic mass is 10.0. The topological polar surface area (TPSA) is 75.5 Å². The van der Waals surface area contributed by atoms with Gasteiger partial charge in [-0.25, -0.2) is 31.0 Å². The van der Waals surface area contributed by atoms with E-state index in [1.165, 1.54) is 15.8 Å². The first kappa shape index (κ1) is 24.1. The number of fused-ring (bicyclic) bond motifs is 1. The van der Waals surface area contributed by atoms with Crippen LogP contribution in [0.4, 0.5) is 17.6 Å². The van der Waals surface area contributed by atoms with Crippen molar-refractivity contribution >= 4 is 27.0 Å². The molecule has 7 nitrogen and oxygen atoms in total. The van der Waals surface area contributed by atoms with Gasteiger partial charge in [-0.2, -0.15) is 4.31 Å². The van der Waals surface area contributed by atoms with Gasteiger partial charge in [0.05, 0.1) is 22.3 Å². The summed E-state index contributed by atoms with van der Waals surface area (Å²) < 4.78 is 82.4. The maximum Gasteiger partial charge on any atom is 0.246 e. The number of aromatic nitrogens is 2. The number of nitrogens with zero attached hydrogens (tertiary/aromatic N) is 4. The van der Waals surface area contributed by atoms with E-state index >= 15 is 0 Å². The van der Waals surface area contributed by atoms with Gasteiger partial charge in [-0.15, -0.1) is 0 Å². The van der Waals surface area contributed by atoms with Gasteiger partial charge in [0, 0.05) is 38.3 Å². The smallest absolute Gasteiger partial charge is 0.246 e. The van der Waals surface area contributed by atoms with E-state index in [4.69, 9.17) is 0 Å². The zero-order valence-corrected chi connectivity index (χ0v) is 19.2. The SMILES string of the molecule is CC(C)C(C(=O)N1CCN(S(=O)(=O)c2ccc(F)c(F)c2)CC1)n1cnc2cc(F)c(F)cc21. The fourth-order valence-electron chi connectivity index (χ4n) is 4.09. The molecule has 0 saturated carbocycles.